The minimum atomic E-state index is -2.97. The lowest BCUT2D eigenvalue weighted by atomic mass is 10.1. The molecule has 0 saturated heterocycles. The topological polar surface area (TPSA) is 63.2 Å². The van der Waals surface area contributed by atoms with E-state index in [1.807, 2.05) is 19.1 Å². The normalized spacial score (nSPS) is 11.3. The van der Waals surface area contributed by atoms with Crippen LogP contribution in [0.2, 0.25) is 0 Å². The van der Waals surface area contributed by atoms with Gasteiger partial charge in [0.1, 0.15) is 9.84 Å². The number of aryl methyl sites for hydroxylation is 1. The zero-order chi connectivity index (χ0) is 13.8. The Bertz CT molecular complexity index is 538. The van der Waals surface area contributed by atoms with E-state index in [2.05, 4.69) is 17.9 Å². The number of thiol groups is 1. The molecule has 1 aromatic rings. The van der Waals surface area contributed by atoms with Crippen LogP contribution in [0.25, 0.3) is 0 Å². The lowest BCUT2D eigenvalue weighted by molar-refractivity contribution is 0.0953. The molecule has 1 aromatic carbocycles. The van der Waals surface area contributed by atoms with Gasteiger partial charge in [0.05, 0.1) is 5.75 Å². The summed E-state index contributed by atoms with van der Waals surface area (Å²) in [6.07, 6.45) is 1.60. The monoisotopic (exact) mass is 287 g/mol. The molecule has 1 amide bonds. The summed E-state index contributed by atoms with van der Waals surface area (Å²) in [7, 11) is -2.97. The summed E-state index contributed by atoms with van der Waals surface area (Å²) in [4.78, 5) is 12.6. The van der Waals surface area contributed by atoms with Crippen LogP contribution in [0, 0.1) is 6.92 Å². The molecule has 0 spiro atoms. The Balaban J connectivity index is 2.53. The number of hydrogen-bond acceptors (Lipinski definition) is 4. The van der Waals surface area contributed by atoms with Crippen molar-refractivity contribution in [1.29, 1.82) is 0 Å². The fraction of sp³-hybridized carbons (Fsp3) is 0.417. The molecule has 0 aliphatic rings. The van der Waals surface area contributed by atoms with Crippen molar-refractivity contribution in [2.75, 3.05) is 18.6 Å². The predicted molar refractivity (Wildman–Crippen MR) is 75.1 cm³/mol. The second-order valence-electron chi connectivity index (χ2n) is 4.24. The number of nitrogens with one attached hydrogen (secondary N) is 1. The van der Waals surface area contributed by atoms with E-state index in [9.17, 15) is 13.2 Å². The molecule has 0 unspecified atom stereocenters. The van der Waals surface area contributed by atoms with Crippen LogP contribution in [-0.4, -0.2) is 32.9 Å². The van der Waals surface area contributed by atoms with Gasteiger partial charge in [-0.3, -0.25) is 4.79 Å². The van der Waals surface area contributed by atoms with Crippen LogP contribution in [0.3, 0.4) is 0 Å². The first-order valence-electron chi connectivity index (χ1n) is 5.55. The molecule has 0 heterocycles. The largest absolute Gasteiger partial charge is 0.352 e. The summed E-state index contributed by atoms with van der Waals surface area (Å²) in [6, 6.07) is 5.34. The minimum absolute atomic E-state index is 0.0822. The molecule has 0 bridgehead atoms. The SMILES string of the molecule is Cc1ccc(S)cc1C(=O)NCCCS(C)(=O)=O. The minimum Gasteiger partial charge on any atom is -0.352 e. The summed E-state index contributed by atoms with van der Waals surface area (Å²) in [5, 5.41) is 2.70. The van der Waals surface area contributed by atoms with Crippen molar-refractivity contribution in [3.05, 3.63) is 29.3 Å². The van der Waals surface area contributed by atoms with Crippen molar-refractivity contribution >= 4 is 28.4 Å². The quantitative estimate of drug-likeness (QED) is 0.636. The number of benzene rings is 1. The van der Waals surface area contributed by atoms with Gasteiger partial charge in [0.2, 0.25) is 0 Å². The molecule has 0 radical (unpaired) electrons. The first kappa shape index (κ1) is 15.0. The second-order valence-corrected chi connectivity index (χ2v) is 7.01. The van der Waals surface area contributed by atoms with E-state index in [1.165, 1.54) is 6.26 Å². The third kappa shape index (κ3) is 5.10. The van der Waals surface area contributed by atoms with Gasteiger partial charge in [0.15, 0.2) is 0 Å². The van der Waals surface area contributed by atoms with E-state index in [4.69, 9.17) is 0 Å². The average molecular weight is 287 g/mol. The highest BCUT2D eigenvalue weighted by molar-refractivity contribution is 7.90. The molecule has 0 fully saturated rings. The number of rotatable bonds is 5. The van der Waals surface area contributed by atoms with Crippen molar-refractivity contribution in [2.45, 2.75) is 18.2 Å². The molecule has 0 atom stereocenters. The van der Waals surface area contributed by atoms with E-state index < -0.39 is 9.84 Å². The van der Waals surface area contributed by atoms with Gasteiger partial charge >= 0.3 is 0 Å². The van der Waals surface area contributed by atoms with Crippen molar-refractivity contribution in [1.82, 2.24) is 5.32 Å². The highest BCUT2D eigenvalue weighted by Crippen LogP contribution is 2.13. The summed E-state index contributed by atoms with van der Waals surface area (Å²) < 4.78 is 21.8. The maximum Gasteiger partial charge on any atom is 0.251 e. The molecule has 1 N–H and O–H groups in total. The highest BCUT2D eigenvalue weighted by Gasteiger charge is 2.09. The van der Waals surface area contributed by atoms with Crippen LogP contribution in [0.1, 0.15) is 22.3 Å². The first-order valence-corrected chi connectivity index (χ1v) is 8.06. The average Bonchev–Trinajstić information content (AvgIpc) is 2.26. The van der Waals surface area contributed by atoms with Gasteiger partial charge in [-0.2, -0.15) is 0 Å². The summed E-state index contributed by atoms with van der Waals surface area (Å²) >= 11 is 4.18. The third-order valence-electron chi connectivity index (χ3n) is 2.44. The van der Waals surface area contributed by atoms with Crippen molar-refractivity contribution in [2.24, 2.45) is 0 Å². The molecule has 1 rings (SSSR count). The Morgan fingerprint density at radius 3 is 2.67 bits per heavy atom. The maximum absolute atomic E-state index is 11.8. The van der Waals surface area contributed by atoms with Gasteiger partial charge in [-0.05, 0) is 31.0 Å². The molecule has 18 heavy (non-hydrogen) atoms. The number of hydrogen-bond donors (Lipinski definition) is 2. The van der Waals surface area contributed by atoms with Crippen LogP contribution in [0.15, 0.2) is 23.1 Å². The van der Waals surface area contributed by atoms with Crippen LogP contribution in [0.5, 0.6) is 0 Å². The lowest BCUT2D eigenvalue weighted by Crippen LogP contribution is -2.26. The lowest BCUT2D eigenvalue weighted by Gasteiger charge is -2.08. The molecule has 0 aromatic heterocycles. The van der Waals surface area contributed by atoms with Gasteiger partial charge in [-0.1, -0.05) is 6.07 Å². The number of carbonyl (C=O) groups excluding carboxylic acids is 1. The zero-order valence-corrected chi connectivity index (χ0v) is 12.1. The van der Waals surface area contributed by atoms with Gasteiger partial charge in [0, 0.05) is 23.3 Å². The fourth-order valence-electron chi connectivity index (χ4n) is 1.49. The number of sulfone groups is 1. The Kier molecular flexibility index (Phi) is 5.22. The molecule has 4 nitrogen and oxygen atoms in total. The third-order valence-corrected chi connectivity index (χ3v) is 3.75. The molecule has 6 heteroatoms. The van der Waals surface area contributed by atoms with E-state index in [1.54, 1.807) is 6.07 Å². The number of amides is 1. The van der Waals surface area contributed by atoms with Crippen molar-refractivity contribution < 1.29 is 13.2 Å². The van der Waals surface area contributed by atoms with E-state index in [-0.39, 0.29) is 11.7 Å². The summed E-state index contributed by atoms with van der Waals surface area (Å²) in [6.45, 7) is 2.20. The maximum atomic E-state index is 11.8. The standard InChI is InChI=1S/C12H17NO3S2/c1-9-4-5-10(17)8-11(9)12(14)13-6-3-7-18(2,15)16/h4-5,8,17H,3,6-7H2,1-2H3,(H,13,14). The van der Waals surface area contributed by atoms with Crippen LogP contribution < -0.4 is 5.32 Å². The Morgan fingerprint density at radius 1 is 1.39 bits per heavy atom. The summed E-state index contributed by atoms with van der Waals surface area (Å²) in [5.41, 5.74) is 1.44. The molecular weight excluding hydrogens is 270 g/mol. The number of carbonyl (C=O) groups is 1. The molecule has 0 aliphatic carbocycles. The molecule has 0 aliphatic heterocycles. The Morgan fingerprint density at radius 2 is 2.06 bits per heavy atom. The highest BCUT2D eigenvalue weighted by atomic mass is 32.2. The smallest absolute Gasteiger partial charge is 0.251 e. The predicted octanol–water partition coefficient (Wildman–Crippen LogP) is 1.45. The van der Waals surface area contributed by atoms with Gasteiger partial charge < -0.3 is 5.32 Å². The Labute approximate surface area is 113 Å². The van der Waals surface area contributed by atoms with Gasteiger partial charge in [-0.15, -0.1) is 12.6 Å². The zero-order valence-electron chi connectivity index (χ0n) is 10.4. The summed E-state index contributed by atoms with van der Waals surface area (Å²) in [5.74, 6) is -0.115. The first-order chi connectivity index (χ1) is 8.29. The van der Waals surface area contributed by atoms with Gasteiger partial charge in [0.25, 0.3) is 5.91 Å². The van der Waals surface area contributed by atoms with Gasteiger partial charge in [-0.25, -0.2) is 8.42 Å². The van der Waals surface area contributed by atoms with Crippen LogP contribution in [-0.2, 0) is 9.84 Å². The molecule has 0 saturated carbocycles. The van der Waals surface area contributed by atoms with Crippen LogP contribution >= 0.6 is 12.6 Å². The van der Waals surface area contributed by atoms with E-state index in [0.717, 1.165) is 10.5 Å². The van der Waals surface area contributed by atoms with Crippen molar-refractivity contribution in [3.8, 4) is 0 Å². The van der Waals surface area contributed by atoms with E-state index in [0.29, 0.717) is 18.5 Å². The van der Waals surface area contributed by atoms with Crippen LogP contribution in [0.4, 0.5) is 0 Å². The fourth-order valence-corrected chi connectivity index (χ4v) is 2.36. The Hall–Kier alpha value is -1.01. The van der Waals surface area contributed by atoms with Crippen molar-refractivity contribution in [3.63, 3.8) is 0 Å². The van der Waals surface area contributed by atoms with E-state index >= 15 is 0 Å². The molecule has 100 valence electrons. The molecular formula is C12H17NO3S2. The second kappa shape index (κ2) is 6.24.